The number of benzene rings is 2. The van der Waals surface area contributed by atoms with E-state index in [1.807, 2.05) is 44.1 Å². The van der Waals surface area contributed by atoms with E-state index in [9.17, 15) is 9.59 Å². The predicted molar refractivity (Wildman–Crippen MR) is 164 cm³/mol. The van der Waals surface area contributed by atoms with Crippen molar-refractivity contribution in [3.05, 3.63) is 83.2 Å². The molecule has 5 rings (SSSR count). The molecule has 1 aliphatic rings. The van der Waals surface area contributed by atoms with Crippen molar-refractivity contribution >= 4 is 46.0 Å². The van der Waals surface area contributed by atoms with Gasteiger partial charge >= 0.3 is 0 Å². The van der Waals surface area contributed by atoms with Crippen molar-refractivity contribution in [3.8, 4) is 11.3 Å². The molecule has 0 bridgehead atoms. The Morgan fingerprint density at radius 1 is 1.10 bits per heavy atom. The minimum atomic E-state index is -0.207. The molecule has 2 aromatic carbocycles. The number of likely N-dealkylation sites (N-methyl/N-ethyl adjacent to an activating group) is 1. The number of hydrogen-bond donors (Lipinski definition) is 4. The largest absolute Gasteiger partial charge is 0.358 e. The highest BCUT2D eigenvalue weighted by Gasteiger charge is 2.27. The number of anilines is 2. The van der Waals surface area contributed by atoms with Gasteiger partial charge in [-0.15, -0.1) is 0 Å². The Kier molecular flexibility index (Phi) is 8.66. The zero-order valence-electron chi connectivity index (χ0n) is 23.4. The van der Waals surface area contributed by atoms with Gasteiger partial charge in [0.1, 0.15) is 0 Å². The zero-order valence-corrected chi connectivity index (χ0v) is 24.1. The van der Waals surface area contributed by atoms with Gasteiger partial charge in [-0.25, -0.2) is 9.97 Å². The summed E-state index contributed by atoms with van der Waals surface area (Å²) in [5, 5.41) is 10.9. The standard InChI is InChI=1S/C31H34ClN7O2/c1-19-28(24-7-4-5-8-26(24)34-19)29-25(32)18-33-31(38-29)37-23-15-14-22(17-23)36-30(41)20-10-12-21(13-11-20)35-27(40)9-6-16-39(2)3/h4-13,18,22-23,34H,14-17H2,1-3H3,(H,35,40)(H,36,41)(H,33,37,38)/t22-,23+/m0/s1. The molecular formula is C31H34ClN7O2. The number of amides is 2. The third kappa shape index (κ3) is 6.93. The lowest BCUT2D eigenvalue weighted by Crippen LogP contribution is -2.34. The van der Waals surface area contributed by atoms with E-state index in [4.69, 9.17) is 16.6 Å². The molecule has 10 heteroatoms. The van der Waals surface area contributed by atoms with E-state index in [1.54, 1.807) is 36.5 Å². The van der Waals surface area contributed by atoms with Crippen LogP contribution in [0.25, 0.3) is 22.2 Å². The smallest absolute Gasteiger partial charge is 0.251 e. The fraction of sp³-hybridized carbons (Fsp3) is 0.290. The van der Waals surface area contributed by atoms with Crippen LogP contribution in [0.5, 0.6) is 0 Å². The fourth-order valence-corrected chi connectivity index (χ4v) is 5.33. The van der Waals surface area contributed by atoms with Gasteiger partial charge in [0, 0.05) is 58.1 Å². The number of rotatable bonds is 9. The van der Waals surface area contributed by atoms with E-state index in [0.717, 1.165) is 41.4 Å². The van der Waals surface area contributed by atoms with Gasteiger partial charge in [-0.05, 0) is 70.6 Å². The highest BCUT2D eigenvalue weighted by Crippen LogP contribution is 2.35. The van der Waals surface area contributed by atoms with Crippen molar-refractivity contribution in [2.75, 3.05) is 31.3 Å². The Hall–Kier alpha value is -4.21. The van der Waals surface area contributed by atoms with Crippen molar-refractivity contribution in [2.45, 2.75) is 38.3 Å². The SMILES string of the molecule is Cc1[nH]c2ccccc2c1-c1nc(N[C@@H]2CC[C@H](NC(=O)c3ccc(NC(=O)C=CCN(C)C)cc3)C2)ncc1Cl. The summed E-state index contributed by atoms with van der Waals surface area (Å²) in [6.45, 7) is 2.70. The number of para-hydroxylation sites is 1. The highest BCUT2D eigenvalue weighted by molar-refractivity contribution is 6.33. The quantitative estimate of drug-likeness (QED) is 0.200. The van der Waals surface area contributed by atoms with Crippen LogP contribution in [0.4, 0.5) is 11.6 Å². The number of aromatic amines is 1. The van der Waals surface area contributed by atoms with E-state index in [2.05, 4.69) is 32.0 Å². The number of H-pyrrole nitrogens is 1. The second-order valence-electron chi connectivity index (χ2n) is 10.6. The Bertz CT molecular complexity index is 1580. The summed E-state index contributed by atoms with van der Waals surface area (Å²) in [5.41, 5.74) is 4.86. The topological polar surface area (TPSA) is 115 Å². The lowest BCUT2D eigenvalue weighted by atomic mass is 10.1. The summed E-state index contributed by atoms with van der Waals surface area (Å²) in [6.07, 6.45) is 7.41. The summed E-state index contributed by atoms with van der Waals surface area (Å²) in [4.78, 5) is 39.5. The van der Waals surface area contributed by atoms with E-state index in [0.29, 0.717) is 34.5 Å². The molecule has 0 radical (unpaired) electrons. The van der Waals surface area contributed by atoms with Crippen LogP contribution in [0.1, 0.15) is 35.3 Å². The molecule has 0 aliphatic heterocycles. The first-order valence-corrected chi connectivity index (χ1v) is 14.0. The maximum absolute atomic E-state index is 12.9. The number of aryl methyl sites for hydroxylation is 1. The van der Waals surface area contributed by atoms with E-state index in [1.165, 1.54) is 6.08 Å². The number of carbonyl (C=O) groups is 2. The van der Waals surface area contributed by atoms with Gasteiger partial charge in [0.2, 0.25) is 11.9 Å². The molecule has 2 atom stereocenters. The van der Waals surface area contributed by atoms with Crippen LogP contribution in [-0.4, -0.2) is 64.4 Å². The van der Waals surface area contributed by atoms with Gasteiger partial charge < -0.3 is 25.8 Å². The minimum absolute atomic E-state index is 0.0313. The summed E-state index contributed by atoms with van der Waals surface area (Å²) in [6, 6.07) is 15.1. The molecule has 4 aromatic rings. The molecular weight excluding hydrogens is 538 g/mol. The van der Waals surface area contributed by atoms with Gasteiger partial charge in [-0.2, -0.15) is 0 Å². The van der Waals surface area contributed by atoms with Crippen LogP contribution in [0.2, 0.25) is 5.02 Å². The van der Waals surface area contributed by atoms with E-state index in [-0.39, 0.29) is 23.9 Å². The first-order chi connectivity index (χ1) is 19.8. The third-order valence-electron chi connectivity index (χ3n) is 7.13. The molecule has 0 unspecified atom stereocenters. The van der Waals surface area contributed by atoms with E-state index >= 15 is 0 Å². The molecule has 41 heavy (non-hydrogen) atoms. The van der Waals surface area contributed by atoms with Crippen molar-refractivity contribution in [1.29, 1.82) is 0 Å². The summed E-state index contributed by atoms with van der Waals surface area (Å²) in [5.74, 6) is 0.168. The van der Waals surface area contributed by atoms with Gasteiger partial charge in [0.05, 0.1) is 16.9 Å². The van der Waals surface area contributed by atoms with Gasteiger partial charge in [-0.1, -0.05) is 35.9 Å². The van der Waals surface area contributed by atoms with Gasteiger partial charge in [-0.3, -0.25) is 9.59 Å². The molecule has 0 saturated heterocycles. The number of carbonyl (C=O) groups excluding carboxylic acids is 2. The molecule has 1 aliphatic carbocycles. The van der Waals surface area contributed by atoms with Crippen LogP contribution in [0, 0.1) is 6.92 Å². The molecule has 0 spiro atoms. The van der Waals surface area contributed by atoms with Crippen molar-refractivity contribution in [2.24, 2.45) is 0 Å². The third-order valence-corrected chi connectivity index (χ3v) is 7.41. The number of aromatic nitrogens is 3. The number of nitrogens with one attached hydrogen (secondary N) is 4. The zero-order chi connectivity index (χ0) is 28.9. The first kappa shape index (κ1) is 28.3. The lowest BCUT2D eigenvalue weighted by molar-refractivity contribution is -0.111. The lowest BCUT2D eigenvalue weighted by Gasteiger charge is -2.16. The average molecular weight is 572 g/mol. The molecule has 212 valence electrons. The normalized spacial score (nSPS) is 16.9. The monoisotopic (exact) mass is 571 g/mol. The molecule has 4 N–H and O–H groups in total. The maximum Gasteiger partial charge on any atom is 0.251 e. The molecule has 1 fully saturated rings. The second-order valence-corrected chi connectivity index (χ2v) is 11.0. The first-order valence-electron chi connectivity index (χ1n) is 13.7. The average Bonchev–Trinajstić information content (AvgIpc) is 3.52. The number of nitrogens with zero attached hydrogens (tertiary/aromatic N) is 3. The predicted octanol–water partition coefficient (Wildman–Crippen LogP) is 5.41. The van der Waals surface area contributed by atoms with E-state index < -0.39 is 0 Å². The second kappa shape index (κ2) is 12.5. The molecule has 2 aromatic heterocycles. The Balaban J connectivity index is 1.17. The molecule has 9 nitrogen and oxygen atoms in total. The van der Waals surface area contributed by atoms with Gasteiger partial charge in [0.25, 0.3) is 5.91 Å². The highest BCUT2D eigenvalue weighted by atomic mass is 35.5. The van der Waals surface area contributed by atoms with Crippen LogP contribution in [0.3, 0.4) is 0 Å². The molecule has 1 saturated carbocycles. The Labute approximate surface area is 244 Å². The summed E-state index contributed by atoms with van der Waals surface area (Å²) >= 11 is 6.54. The fourth-order valence-electron chi connectivity index (χ4n) is 5.15. The van der Waals surface area contributed by atoms with Crippen LogP contribution < -0.4 is 16.0 Å². The Morgan fingerprint density at radius 3 is 2.63 bits per heavy atom. The van der Waals surface area contributed by atoms with Crippen LogP contribution in [0.15, 0.2) is 66.9 Å². The minimum Gasteiger partial charge on any atom is -0.358 e. The van der Waals surface area contributed by atoms with Crippen molar-refractivity contribution in [1.82, 2.24) is 25.2 Å². The Morgan fingerprint density at radius 2 is 1.85 bits per heavy atom. The number of fused-ring (bicyclic) bond motifs is 1. The summed E-state index contributed by atoms with van der Waals surface area (Å²) < 4.78 is 0. The van der Waals surface area contributed by atoms with Gasteiger partial charge in [0.15, 0.2) is 0 Å². The number of halogens is 1. The van der Waals surface area contributed by atoms with Crippen molar-refractivity contribution in [3.63, 3.8) is 0 Å². The number of hydrogen-bond acceptors (Lipinski definition) is 6. The van der Waals surface area contributed by atoms with Crippen molar-refractivity contribution < 1.29 is 9.59 Å². The van der Waals surface area contributed by atoms with Crippen LogP contribution in [-0.2, 0) is 4.79 Å². The maximum atomic E-state index is 12.9. The van der Waals surface area contributed by atoms with Crippen LogP contribution >= 0.6 is 11.6 Å². The summed E-state index contributed by atoms with van der Waals surface area (Å²) in [7, 11) is 3.87. The molecule has 2 amide bonds. The molecule has 2 heterocycles.